The first-order valence-electron chi connectivity index (χ1n) is 7.35. The number of hydrogen-bond acceptors (Lipinski definition) is 3. The topological polar surface area (TPSA) is 71.3 Å². The Bertz CT molecular complexity index is 800. The van der Waals surface area contributed by atoms with Crippen LogP contribution in [0.4, 0.5) is 4.39 Å². The number of halogens is 2. The average Bonchev–Trinajstić information content (AvgIpc) is 2.55. The standard InChI is InChI=1S/C17H18ClFN2O3/c1-17(2,16(23)20-24)7-8-21-10-14(19)13(9-15(21)22)11-3-5-12(18)6-4-11/h3-6,9-10,24H,7-8H2,1-2H3,(H,20,23). The molecule has 0 unspecified atom stereocenters. The quantitative estimate of drug-likeness (QED) is 0.641. The molecule has 0 spiro atoms. The van der Waals surface area contributed by atoms with E-state index in [1.165, 1.54) is 10.6 Å². The first-order valence-corrected chi connectivity index (χ1v) is 7.73. The summed E-state index contributed by atoms with van der Waals surface area (Å²) in [4.78, 5) is 23.7. The molecule has 1 heterocycles. The van der Waals surface area contributed by atoms with Gasteiger partial charge in [-0.25, -0.2) is 9.87 Å². The molecule has 24 heavy (non-hydrogen) atoms. The molecular weight excluding hydrogens is 335 g/mol. The van der Waals surface area contributed by atoms with Gasteiger partial charge >= 0.3 is 0 Å². The van der Waals surface area contributed by atoms with E-state index >= 15 is 0 Å². The van der Waals surface area contributed by atoms with Gasteiger partial charge in [0, 0.05) is 34.8 Å². The summed E-state index contributed by atoms with van der Waals surface area (Å²) >= 11 is 5.81. The van der Waals surface area contributed by atoms with E-state index < -0.39 is 17.1 Å². The van der Waals surface area contributed by atoms with Crippen molar-refractivity contribution in [2.45, 2.75) is 26.8 Å². The fourth-order valence-electron chi connectivity index (χ4n) is 2.24. The molecule has 0 radical (unpaired) electrons. The van der Waals surface area contributed by atoms with Gasteiger partial charge in [0.2, 0.25) is 5.91 Å². The summed E-state index contributed by atoms with van der Waals surface area (Å²) in [5, 5.41) is 9.24. The van der Waals surface area contributed by atoms with Crippen LogP contribution < -0.4 is 11.0 Å². The van der Waals surface area contributed by atoms with Crippen LogP contribution in [-0.2, 0) is 11.3 Å². The number of carbonyl (C=O) groups is 1. The van der Waals surface area contributed by atoms with Crippen molar-refractivity contribution >= 4 is 17.5 Å². The van der Waals surface area contributed by atoms with Crippen molar-refractivity contribution in [2.24, 2.45) is 5.41 Å². The molecule has 0 bridgehead atoms. The van der Waals surface area contributed by atoms with E-state index in [2.05, 4.69) is 0 Å². The first-order chi connectivity index (χ1) is 11.2. The highest BCUT2D eigenvalue weighted by atomic mass is 35.5. The third-order valence-electron chi connectivity index (χ3n) is 3.93. The molecule has 2 N–H and O–H groups in total. The molecule has 0 aliphatic heterocycles. The lowest BCUT2D eigenvalue weighted by Gasteiger charge is -2.22. The van der Waals surface area contributed by atoms with E-state index in [4.69, 9.17) is 16.8 Å². The van der Waals surface area contributed by atoms with Crippen LogP contribution in [0.2, 0.25) is 5.02 Å². The molecule has 0 saturated heterocycles. The molecule has 2 rings (SSSR count). The Morgan fingerprint density at radius 3 is 2.54 bits per heavy atom. The first kappa shape index (κ1) is 18.2. The molecule has 2 aromatic rings. The Hall–Kier alpha value is -2.18. The summed E-state index contributed by atoms with van der Waals surface area (Å²) in [5.74, 6) is -1.10. The van der Waals surface area contributed by atoms with Crippen LogP contribution >= 0.6 is 11.6 Å². The second kappa shape index (κ2) is 7.15. The van der Waals surface area contributed by atoms with Crippen LogP contribution in [0.25, 0.3) is 11.1 Å². The van der Waals surface area contributed by atoms with E-state index in [1.807, 2.05) is 0 Å². The van der Waals surface area contributed by atoms with Crippen molar-refractivity contribution in [3.63, 3.8) is 0 Å². The summed E-state index contributed by atoms with van der Waals surface area (Å²) in [6, 6.07) is 7.74. The van der Waals surface area contributed by atoms with Gasteiger partial charge in [-0.05, 0) is 24.1 Å². The minimum atomic E-state index is -0.889. The van der Waals surface area contributed by atoms with E-state index in [0.717, 1.165) is 6.20 Å². The third kappa shape index (κ3) is 4.01. The molecule has 1 aromatic carbocycles. The monoisotopic (exact) mass is 352 g/mol. The minimum Gasteiger partial charge on any atom is -0.313 e. The second-order valence-corrected chi connectivity index (χ2v) is 6.58. The SMILES string of the molecule is CC(C)(CCn1cc(F)c(-c2ccc(Cl)cc2)cc1=O)C(=O)NO. The van der Waals surface area contributed by atoms with Crippen LogP contribution in [0.1, 0.15) is 20.3 Å². The van der Waals surface area contributed by atoms with Crippen LogP contribution in [0.3, 0.4) is 0 Å². The van der Waals surface area contributed by atoms with Crippen LogP contribution in [0.5, 0.6) is 0 Å². The number of hydrogen-bond donors (Lipinski definition) is 2. The predicted molar refractivity (Wildman–Crippen MR) is 89.4 cm³/mol. The van der Waals surface area contributed by atoms with Crippen molar-refractivity contribution < 1.29 is 14.4 Å². The van der Waals surface area contributed by atoms with Crippen molar-refractivity contribution in [1.29, 1.82) is 0 Å². The van der Waals surface area contributed by atoms with E-state index in [1.54, 1.807) is 43.6 Å². The van der Waals surface area contributed by atoms with Gasteiger partial charge in [0.25, 0.3) is 5.56 Å². The molecule has 5 nitrogen and oxygen atoms in total. The summed E-state index contributed by atoms with van der Waals surface area (Å²) in [5.41, 5.74) is 1.08. The lowest BCUT2D eigenvalue weighted by Crippen LogP contribution is -2.36. The average molecular weight is 353 g/mol. The molecule has 1 aromatic heterocycles. The maximum absolute atomic E-state index is 14.3. The Kier molecular flexibility index (Phi) is 5.41. The van der Waals surface area contributed by atoms with Crippen LogP contribution in [0, 0.1) is 11.2 Å². The number of hydroxylamine groups is 1. The van der Waals surface area contributed by atoms with Gasteiger partial charge in [0.05, 0.1) is 0 Å². The number of aromatic nitrogens is 1. The van der Waals surface area contributed by atoms with Gasteiger partial charge in [-0.2, -0.15) is 0 Å². The van der Waals surface area contributed by atoms with E-state index in [9.17, 15) is 14.0 Å². The Balaban J connectivity index is 2.26. The van der Waals surface area contributed by atoms with Gasteiger partial charge in [0.15, 0.2) is 0 Å². The lowest BCUT2D eigenvalue weighted by atomic mass is 9.88. The van der Waals surface area contributed by atoms with E-state index in [0.29, 0.717) is 10.6 Å². The van der Waals surface area contributed by atoms with Gasteiger partial charge in [0.1, 0.15) is 5.82 Å². The smallest absolute Gasteiger partial charge is 0.251 e. The molecule has 0 aliphatic rings. The maximum atomic E-state index is 14.3. The Morgan fingerprint density at radius 2 is 1.96 bits per heavy atom. The number of nitrogens with one attached hydrogen (secondary N) is 1. The Labute approximate surface area is 143 Å². The van der Waals surface area contributed by atoms with Crippen molar-refractivity contribution in [2.75, 3.05) is 0 Å². The molecule has 0 aliphatic carbocycles. The van der Waals surface area contributed by atoms with Crippen molar-refractivity contribution in [3.8, 4) is 11.1 Å². The molecule has 1 amide bonds. The number of amides is 1. The molecular formula is C17H18ClFN2O3. The highest BCUT2D eigenvalue weighted by Gasteiger charge is 2.27. The summed E-state index contributed by atoms with van der Waals surface area (Å²) < 4.78 is 15.6. The minimum absolute atomic E-state index is 0.150. The van der Waals surface area contributed by atoms with Gasteiger partial charge in [-0.1, -0.05) is 37.6 Å². The van der Waals surface area contributed by atoms with Crippen molar-refractivity contribution in [1.82, 2.24) is 10.0 Å². The largest absolute Gasteiger partial charge is 0.313 e. The highest BCUT2D eigenvalue weighted by Crippen LogP contribution is 2.24. The molecule has 7 heteroatoms. The zero-order valence-electron chi connectivity index (χ0n) is 13.3. The summed E-state index contributed by atoms with van der Waals surface area (Å²) in [6.45, 7) is 3.40. The number of aryl methyl sites for hydroxylation is 1. The summed E-state index contributed by atoms with van der Waals surface area (Å²) in [6.07, 6.45) is 1.39. The molecule has 128 valence electrons. The predicted octanol–water partition coefficient (Wildman–Crippen LogP) is 3.23. The fourth-order valence-corrected chi connectivity index (χ4v) is 2.36. The zero-order valence-corrected chi connectivity index (χ0v) is 14.1. The number of nitrogens with zero attached hydrogens (tertiary/aromatic N) is 1. The van der Waals surface area contributed by atoms with Gasteiger partial charge < -0.3 is 4.57 Å². The van der Waals surface area contributed by atoms with Crippen LogP contribution in [0.15, 0.2) is 41.3 Å². The van der Waals surface area contributed by atoms with Crippen LogP contribution in [-0.4, -0.2) is 15.7 Å². The Morgan fingerprint density at radius 1 is 1.33 bits per heavy atom. The summed E-state index contributed by atoms with van der Waals surface area (Å²) in [7, 11) is 0. The number of benzene rings is 1. The second-order valence-electron chi connectivity index (χ2n) is 6.15. The third-order valence-corrected chi connectivity index (χ3v) is 4.18. The molecule has 0 atom stereocenters. The molecule has 0 saturated carbocycles. The number of rotatable bonds is 5. The fraction of sp³-hybridized carbons (Fsp3) is 0.294. The molecule has 0 fully saturated rings. The lowest BCUT2D eigenvalue weighted by molar-refractivity contribution is -0.138. The number of pyridine rings is 1. The van der Waals surface area contributed by atoms with Gasteiger partial charge in [-0.3, -0.25) is 14.8 Å². The number of carbonyl (C=O) groups excluding carboxylic acids is 1. The van der Waals surface area contributed by atoms with E-state index in [-0.39, 0.29) is 24.1 Å². The maximum Gasteiger partial charge on any atom is 0.251 e. The van der Waals surface area contributed by atoms with Crippen molar-refractivity contribution in [3.05, 3.63) is 57.7 Å². The van der Waals surface area contributed by atoms with Gasteiger partial charge in [-0.15, -0.1) is 0 Å². The highest BCUT2D eigenvalue weighted by molar-refractivity contribution is 6.30. The zero-order chi connectivity index (χ0) is 17.9. The normalized spacial score (nSPS) is 11.4.